The van der Waals surface area contributed by atoms with Crippen LogP contribution in [0, 0.1) is 17.2 Å². The van der Waals surface area contributed by atoms with Gasteiger partial charge in [-0.3, -0.25) is 0 Å². The maximum atomic E-state index is 9.24. The van der Waals surface area contributed by atoms with Crippen molar-refractivity contribution in [2.45, 2.75) is 50.0 Å². The third kappa shape index (κ3) is 2.40. The van der Waals surface area contributed by atoms with Crippen molar-refractivity contribution in [1.29, 1.82) is 5.26 Å². The van der Waals surface area contributed by atoms with E-state index < -0.39 is 0 Å². The molecule has 0 aromatic carbocycles. The Balaban J connectivity index is 1.76. The fraction of sp³-hybridized carbons (Fsp3) is 0.600. The highest BCUT2D eigenvalue weighted by Gasteiger charge is 2.19. The molecule has 18 heavy (non-hydrogen) atoms. The SMILES string of the molecule is N#Cc1cc2c(nc1SCC1CCCC1)CCC2. The summed E-state index contributed by atoms with van der Waals surface area (Å²) in [5, 5.41) is 10.2. The van der Waals surface area contributed by atoms with Crippen LogP contribution in [-0.4, -0.2) is 10.7 Å². The molecule has 1 aromatic rings. The number of aromatic nitrogens is 1. The van der Waals surface area contributed by atoms with Crippen LogP contribution in [0.4, 0.5) is 0 Å². The predicted molar refractivity (Wildman–Crippen MR) is 73.7 cm³/mol. The zero-order valence-corrected chi connectivity index (χ0v) is 11.4. The van der Waals surface area contributed by atoms with E-state index in [1.165, 1.54) is 43.4 Å². The second-order valence-corrected chi connectivity index (χ2v) is 6.38. The Kier molecular flexibility index (Phi) is 3.56. The molecular weight excluding hydrogens is 240 g/mol. The number of nitriles is 1. The van der Waals surface area contributed by atoms with Gasteiger partial charge < -0.3 is 0 Å². The maximum absolute atomic E-state index is 9.24. The Morgan fingerprint density at radius 3 is 2.89 bits per heavy atom. The van der Waals surface area contributed by atoms with Gasteiger partial charge in [0.1, 0.15) is 11.1 Å². The first-order valence-electron chi connectivity index (χ1n) is 6.92. The molecule has 2 aliphatic carbocycles. The van der Waals surface area contributed by atoms with E-state index in [-0.39, 0.29) is 0 Å². The van der Waals surface area contributed by atoms with Crippen molar-refractivity contribution in [3.63, 3.8) is 0 Å². The van der Waals surface area contributed by atoms with Gasteiger partial charge in [-0.1, -0.05) is 12.8 Å². The van der Waals surface area contributed by atoms with E-state index in [2.05, 4.69) is 12.1 Å². The van der Waals surface area contributed by atoms with Crippen molar-refractivity contribution in [2.24, 2.45) is 5.92 Å². The summed E-state index contributed by atoms with van der Waals surface area (Å²) in [5.74, 6) is 1.98. The molecule has 2 nitrogen and oxygen atoms in total. The summed E-state index contributed by atoms with van der Waals surface area (Å²) in [7, 11) is 0. The first kappa shape index (κ1) is 12.0. The average molecular weight is 258 g/mol. The summed E-state index contributed by atoms with van der Waals surface area (Å²) >= 11 is 1.80. The van der Waals surface area contributed by atoms with E-state index >= 15 is 0 Å². The summed E-state index contributed by atoms with van der Waals surface area (Å²) in [5.41, 5.74) is 3.33. The standard InChI is InChI=1S/C15H18N2S/c16-9-13-8-12-6-3-7-14(12)17-15(13)18-10-11-4-1-2-5-11/h8,11H,1-7,10H2. The fourth-order valence-corrected chi connectivity index (χ4v) is 4.18. The normalized spacial score (nSPS) is 18.8. The molecule has 0 aliphatic heterocycles. The monoisotopic (exact) mass is 258 g/mol. The third-order valence-electron chi connectivity index (χ3n) is 4.07. The minimum Gasteiger partial charge on any atom is -0.245 e. The lowest BCUT2D eigenvalue weighted by Crippen LogP contribution is -2.00. The van der Waals surface area contributed by atoms with Gasteiger partial charge in [0, 0.05) is 11.4 Å². The predicted octanol–water partition coefficient (Wildman–Crippen LogP) is 3.72. The van der Waals surface area contributed by atoms with Crippen LogP contribution in [0.1, 0.15) is 48.9 Å². The van der Waals surface area contributed by atoms with E-state index in [1.54, 1.807) is 11.8 Å². The van der Waals surface area contributed by atoms with Gasteiger partial charge in [0.2, 0.25) is 0 Å². The highest BCUT2D eigenvalue weighted by Crippen LogP contribution is 2.33. The smallest absolute Gasteiger partial charge is 0.114 e. The summed E-state index contributed by atoms with van der Waals surface area (Å²) in [4.78, 5) is 4.73. The molecule has 1 heterocycles. The second kappa shape index (κ2) is 5.32. The molecule has 2 aliphatic rings. The number of fused-ring (bicyclic) bond motifs is 1. The van der Waals surface area contributed by atoms with Gasteiger partial charge in [-0.25, -0.2) is 4.98 Å². The van der Waals surface area contributed by atoms with Crippen molar-refractivity contribution >= 4 is 11.8 Å². The first-order valence-corrected chi connectivity index (χ1v) is 7.91. The summed E-state index contributed by atoms with van der Waals surface area (Å²) < 4.78 is 0. The summed E-state index contributed by atoms with van der Waals surface area (Å²) in [6, 6.07) is 4.39. The molecule has 1 saturated carbocycles. The van der Waals surface area contributed by atoms with Crippen molar-refractivity contribution < 1.29 is 0 Å². The number of pyridine rings is 1. The molecule has 0 unspecified atom stereocenters. The molecule has 0 atom stereocenters. The van der Waals surface area contributed by atoms with Crippen LogP contribution < -0.4 is 0 Å². The Hall–Kier alpha value is -1.01. The molecule has 94 valence electrons. The van der Waals surface area contributed by atoms with Crippen molar-refractivity contribution in [1.82, 2.24) is 4.98 Å². The van der Waals surface area contributed by atoms with E-state index in [4.69, 9.17) is 4.98 Å². The van der Waals surface area contributed by atoms with E-state index in [1.807, 2.05) is 0 Å². The lowest BCUT2D eigenvalue weighted by atomic mass is 10.1. The molecule has 0 bridgehead atoms. The average Bonchev–Trinajstić information content (AvgIpc) is 3.05. The van der Waals surface area contributed by atoms with Gasteiger partial charge in [-0.2, -0.15) is 5.26 Å². The van der Waals surface area contributed by atoms with Crippen molar-refractivity contribution in [3.8, 4) is 6.07 Å². The Morgan fingerprint density at radius 1 is 1.28 bits per heavy atom. The number of hydrogen-bond donors (Lipinski definition) is 0. The number of nitrogens with zero attached hydrogens (tertiary/aromatic N) is 2. The van der Waals surface area contributed by atoms with Crippen molar-refractivity contribution in [2.75, 3.05) is 5.75 Å². The lowest BCUT2D eigenvalue weighted by molar-refractivity contribution is 0.622. The lowest BCUT2D eigenvalue weighted by Gasteiger charge is -2.10. The van der Waals surface area contributed by atoms with Gasteiger partial charge in [-0.15, -0.1) is 11.8 Å². The zero-order chi connectivity index (χ0) is 12.4. The van der Waals surface area contributed by atoms with E-state index in [9.17, 15) is 5.26 Å². The van der Waals surface area contributed by atoms with Gasteiger partial charge in [0.25, 0.3) is 0 Å². The molecule has 0 N–H and O–H groups in total. The number of hydrogen-bond acceptors (Lipinski definition) is 3. The van der Waals surface area contributed by atoms with Crippen LogP contribution >= 0.6 is 11.8 Å². The van der Waals surface area contributed by atoms with Crippen LogP contribution in [-0.2, 0) is 12.8 Å². The van der Waals surface area contributed by atoms with E-state index in [0.29, 0.717) is 0 Å². The molecule has 3 rings (SSSR count). The molecule has 0 saturated heterocycles. The Morgan fingerprint density at radius 2 is 2.11 bits per heavy atom. The van der Waals surface area contributed by atoms with E-state index in [0.717, 1.165) is 35.1 Å². The van der Waals surface area contributed by atoms with Crippen LogP contribution in [0.3, 0.4) is 0 Å². The van der Waals surface area contributed by atoms with Crippen LogP contribution in [0.25, 0.3) is 0 Å². The first-order chi connectivity index (χ1) is 8.86. The molecule has 0 spiro atoms. The topological polar surface area (TPSA) is 36.7 Å². The molecule has 0 radical (unpaired) electrons. The number of thioether (sulfide) groups is 1. The summed E-state index contributed by atoms with van der Waals surface area (Å²) in [6.45, 7) is 0. The molecule has 1 fully saturated rings. The largest absolute Gasteiger partial charge is 0.245 e. The van der Waals surface area contributed by atoms with Crippen LogP contribution in [0.15, 0.2) is 11.1 Å². The van der Waals surface area contributed by atoms with Crippen LogP contribution in [0.2, 0.25) is 0 Å². The molecule has 3 heteroatoms. The van der Waals surface area contributed by atoms with Gasteiger partial charge in [0.15, 0.2) is 0 Å². The number of aryl methyl sites for hydroxylation is 2. The Bertz CT molecular complexity index is 484. The highest BCUT2D eigenvalue weighted by molar-refractivity contribution is 7.99. The maximum Gasteiger partial charge on any atom is 0.114 e. The quantitative estimate of drug-likeness (QED) is 0.775. The summed E-state index contributed by atoms with van der Waals surface area (Å²) in [6.07, 6.45) is 8.88. The van der Waals surface area contributed by atoms with Gasteiger partial charge in [-0.05, 0) is 49.7 Å². The zero-order valence-electron chi connectivity index (χ0n) is 10.6. The minimum absolute atomic E-state index is 0.790. The van der Waals surface area contributed by atoms with Crippen molar-refractivity contribution in [3.05, 3.63) is 22.9 Å². The fourth-order valence-electron chi connectivity index (χ4n) is 3.02. The molecule has 1 aromatic heterocycles. The third-order valence-corrected chi connectivity index (χ3v) is 5.29. The molecular formula is C15H18N2S. The van der Waals surface area contributed by atoms with Gasteiger partial charge >= 0.3 is 0 Å². The second-order valence-electron chi connectivity index (χ2n) is 5.37. The number of rotatable bonds is 3. The van der Waals surface area contributed by atoms with Gasteiger partial charge in [0.05, 0.1) is 5.56 Å². The highest BCUT2D eigenvalue weighted by atomic mass is 32.2. The minimum atomic E-state index is 0.790. The Labute approximate surface area is 113 Å². The van der Waals surface area contributed by atoms with Crippen LogP contribution in [0.5, 0.6) is 0 Å². The molecule has 0 amide bonds.